The third-order valence-electron chi connectivity index (χ3n) is 3.04. The number of carbonyl (C=O) groups excluding carboxylic acids is 1. The first-order valence-electron chi connectivity index (χ1n) is 6.17. The molecule has 0 radical (unpaired) electrons. The van der Waals surface area contributed by atoms with Crippen molar-refractivity contribution in [3.63, 3.8) is 0 Å². The number of phenolic OH excluding ortho intramolecular Hbond substituents is 1. The SMILES string of the molecule is COc1cc(Cl)c(C)cc1NC(=O)c1cccc(N)c1O. The molecule has 2 aromatic rings. The summed E-state index contributed by atoms with van der Waals surface area (Å²) in [6, 6.07) is 7.90. The number of methoxy groups -OCH3 is 1. The lowest BCUT2D eigenvalue weighted by Crippen LogP contribution is -2.13. The molecule has 0 heterocycles. The van der Waals surface area contributed by atoms with E-state index in [-0.39, 0.29) is 17.0 Å². The molecule has 5 nitrogen and oxygen atoms in total. The largest absolute Gasteiger partial charge is 0.505 e. The van der Waals surface area contributed by atoms with Crippen molar-refractivity contribution < 1.29 is 14.6 Å². The van der Waals surface area contributed by atoms with E-state index in [9.17, 15) is 9.90 Å². The van der Waals surface area contributed by atoms with Gasteiger partial charge in [-0.1, -0.05) is 17.7 Å². The average molecular weight is 307 g/mol. The van der Waals surface area contributed by atoms with Crippen LogP contribution in [0.15, 0.2) is 30.3 Å². The van der Waals surface area contributed by atoms with Crippen LogP contribution < -0.4 is 15.8 Å². The minimum atomic E-state index is -0.486. The van der Waals surface area contributed by atoms with Crippen LogP contribution in [0.25, 0.3) is 0 Å². The van der Waals surface area contributed by atoms with Crippen molar-refractivity contribution in [2.24, 2.45) is 0 Å². The van der Waals surface area contributed by atoms with E-state index in [1.54, 1.807) is 18.2 Å². The van der Waals surface area contributed by atoms with Crippen LogP contribution in [0, 0.1) is 6.92 Å². The van der Waals surface area contributed by atoms with Crippen molar-refractivity contribution in [2.45, 2.75) is 6.92 Å². The Balaban J connectivity index is 2.36. The number of hydrogen-bond donors (Lipinski definition) is 3. The van der Waals surface area contributed by atoms with Gasteiger partial charge in [0.05, 0.1) is 24.0 Å². The van der Waals surface area contributed by atoms with Crippen LogP contribution in [0.1, 0.15) is 15.9 Å². The Hall–Kier alpha value is -2.40. The van der Waals surface area contributed by atoms with Gasteiger partial charge in [0.15, 0.2) is 5.75 Å². The summed E-state index contributed by atoms with van der Waals surface area (Å²) < 4.78 is 5.19. The number of carbonyl (C=O) groups is 1. The second kappa shape index (κ2) is 5.93. The summed E-state index contributed by atoms with van der Waals surface area (Å²) in [5.41, 5.74) is 7.07. The number of amides is 1. The van der Waals surface area contributed by atoms with E-state index in [4.69, 9.17) is 22.1 Å². The molecule has 21 heavy (non-hydrogen) atoms. The number of hydrogen-bond acceptors (Lipinski definition) is 4. The molecule has 0 spiro atoms. The normalized spacial score (nSPS) is 10.2. The number of nitrogens with two attached hydrogens (primary N) is 1. The number of aryl methyl sites for hydroxylation is 1. The third-order valence-corrected chi connectivity index (χ3v) is 3.45. The van der Waals surface area contributed by atoms with Crippen molar-refractivity contribution >= 4 is 28.9 Å². The maximum atomic E-state index is 12.2. The Labute approximate surface area is 127 Å². The molecule has 1 amide bonds. The summed E-state index contributed by atoms with van der Waals surface area (Å²) in [4.78, 5) is 12.2. The number of rotatable bonds is 3. The first-order chi connectivity index (χ1) is 9.93. The smallest absolute Gasteiger partial charge is 0.259 e. The fourth-order valence-corrected chi connectivity index (χ4v) is 2.02. The summed E-state index contributed by atoms with van der Waals surface area (Å²) in [5.74, 6) is -0.304. The van der Waals surface area contributed by atoms with Gasteiger partial charge < -0.3 is 20.9 Å². The van der Waals surface area contributed by atoms with E-state index in [0.717, 1.165) is 5.56 Å². The minimum absolute atomic E-state index is 0.0876. The van der Waals surface area contributed by atoms with Gasteiger partial charge in [0.1, 0.15) is 5.75 Å². The summed E-state index contributed by atoms with van der Waals surface area (Å²) in [7, 11) is 1.48. The molecule has 110 valence electrons. The number of nitrogens with one attached hydrogen (secondary N) is 1. The highest BCUT2D eigenvalue weighted by Crippen LogP contribution is 2.32. The number of benzene rings is 2. The average Bonchev–Trinajstić information content (AvgIpc) is 2.45. The van der Waals surface area contributed by atoms with Crippen LogP contribution in [-0.2, 0) is 0 Å². The fraction of sp³-hybridized carbons (Fsp3) is 0.133. The molecule has 0 saturated carbocycles. The molecule has 0 saturated heterocycles. The first kappa shape index (κ1) is 15.0. The van der Waals surface area contributed by atoms with E-state index < -0.39 is 5.91 Å². The van der Waals surface area contributed by atoms with Crippen molar-refractivity contribution in [1.82, 2.24) is 0 Å². The maximum absolute atomic E-state index is 12.2. The highest BCUT2D eigenvalue weighted by molar-refractivity contribution is 6.31. The number of aromatic hydroxyl groups is 1. The Kier molecular flexibility index (Phi) is 4.23. The van der Waals surface area contributed by atoms with Crippen molar-refractivity contribution in [2.75, 3.05) is 18.2 Å². The first-order valence-corrected chi connectivity index (χ1v) is 6.54. The van der Waals surface area contributed by atoms with E-state index >= 15 is 0 Å². The zero-order valence-electron chi connectivity index (χ0n) is 11.6. The second-order valence-electron chi connectivity index (χ2n) is 4.50. The van der Waals surface area contributed by atoms with Crippen LogP contribution >= 0.6 is 11.6 Å². The van der Waals surface area contributed by atoms with Crippen LogP contribution in [0.2, 0.25) is 5.02 Å². The van der Waals surface area contributed by atoms with Gasteiger partial charge in [0.2, 0.25) is 0 Å². The van der Waals surface area contributed by atoms with E-state index in [2.05, 4.69) is 5.32 Å². The zero-order valence-corrected chi connectivity index (χ0v) is 12.4. The van der Waals surface area contributed by atoms with Gasteiger partial charge in [0, 0.05) is 11.1 Å². The quantitative estimate of drug-likeness (QED) is 0.600. The van der Waals surface area contributed by atoms with Gasteiger partial charge in [-0.05, 0) is 30.7 Å². The summed E-state index contributed by atoms with van der Waals surface area (Å²) in [5, 5.41) is 13.0. The number of halogens is 1. The van der Waals surface area contributed by atoms with E-state index in [1.807, 2.05) is 6.92 Å². The Morgan fingerprint density at radius 3 is 2.76 bits per heavy atom. The number of phenols is 1. The molecule has 0 fully saturated rings. The molecule has 0 aliphatic heterocycles. The van der Waals surface area contributed by atoms with Crippen molar-refractivity contribution in [3.8, 4) is 11.5 Å². The lowest BCUT2D eigenvalue weighted by atomic mass is 10.1. The summed E-state index contributed by atoms with van der Waals surface area (Å²) >= 11 is 6.01. The lowest BCUT2D eigenvalue weighted by molar-refractivity contribution is 0.102. The van der Waals surface area contributed by atoms with Gasteiger partial charge in [-0.3, -0.25) is 4.79 Å². The number of para-hydroxylation sites is 1. The van der Waals surface area contributed by atoms with E-state index in [0.29, 0.717) is 16.5 Å². The van der Waals surface area contributed by atoms with Gasteiger partial charge in [0.25, 0.3) is 5.91 Å². The van der Waals surface area contributed by atoms with Gasteiger partial charge in [-0.15, -0.1) is 0 Å². The van der Waals surface area contributed by atoms with Crippen molar-refractivity contribution in [1.29, 1.82) is 0 Å². The molecule has 0 aliphatic carbocycles. The zero-order chi connectivity index (χ0) is 15.6. The van der Waals surface area contributed by atoms with Gasteiger partial charge >= 0.3 is 0 Å². The topological polar surface area (TPSA) is 84.6 Å². The van der Waals surface area contributed by atoms with Crippen LogP contribution in [0.3, 0.4) is 0 Å². The number of anilines is 2. The van der Waals surface area contributed by atoms with Crippen molar-refractivity contribution in [3.05, 3.63) is 46.5 Å². The Morgan fingerprint density at radius 1 is 1.38 bits per heavy atom. The standard InChI is InChI=1S/C15H15ClN2O3/c1-8-6-12(13(21-2)7-10(8)16)18-15(20)9-4-3-5-11(17)14(9)19/h3-7,19H,17H2,1-2H3,(H,18,20). The number of ether oxygens (including phenoxy) is 1. The molecule has 0 atom stereocenters. The predicted molar refractivity (Wildman–Crippen MR) is 83.2 cm³/mol. The van der Waals surface area contributed by atoms with Crippen LogP contribution in [0.5, 0.6) is 11.5 Å². The minimum Gasteiger partial charge on any atom is -0.505 e. The molecule has 2 aromatic carbocycles. The summed E-state index contributed by atoms with van der Waals surface area (Å²) in [6.45, 7) is 1.81. The molecule has 0 bridgehead atoms. The van der Waals surface area contributed by atoms with Gasteiger partial charge in [-0.25, -0.2) is 0 Å². The predicted octanol–water partition coefficient (Wildman–Crippen LogP) is 3.20. The fourth-order valence-electron chi connectivity index (χ4n) is 1.86. The second-order valence-corrected chi connectivity index (χ2v) is 4.91. The van der Waals surface area contributed by atoms with E-state index in [1.165, 1.54) is 19.2 Å². The Bertz CT molecular complexity index is 702. The highest BCUT2D eigenvalue weighted by atomic mass is 35.5. The Morgan fingerprint density at radius 2 is 2.10 bits per heavy atom. The molecule has 4 N–H and O–H groups in total. The molecular weight excluding hydrogens is 292 g/mol. The third kappa shape index (κ3) is 3.03. The molecule has 0 unspecified atom stereocenters. The summed E-state index contributed by atoms with van der Waals surface area (Å²) in [6.07, 6.45) is 0. The molecule has 0 aliphatic rings. The van der Waals surface area contributed by atoms with Crippen LogP contribution in [-0.4, -0.2) is 18.1 Å². The van der Waals surface area contributed by atoms with Crippen LogP contribution in [0.4, 0.5) is 11.4 Å². The molecule has 6 heteroatoms. The monoisotopic (exact) mass is 306 g/mol. The maximum Gasteiger partial charge on any atom is 0.259 e. The highest BCUT2D eigenvalue weighted by Gasteiger charge is 2.16. The molecule has 0 aromatic heterocycles. The lowest BCUT2D eigenvalue weighted by Gasteiger charge is -2.13. The molecular formula is C15H15ClN2O3. The van der Waals surface area contributed by atoms with Gasteiger partial charge in [-0.2, -0.15) is 0 Å². The molecule has 2 rings (SSSR count). The number of nitrogen functional groups attached to an aromatic ring is 1.